The first-order valence-electron chi connectivity index (χ1n) is 12.9. The molecule has 10 nitrogen and oxygen atoms in total. The summed E-state index contributed by atoms with van der Waals surface area (Å²) in [6.07, 6.45) is 4.34. The summed E-state index contributed by atoms with van der Waals surface area (Å²) in [6, 6.07) is 2.93. The second-order valence-corrected chi connectivity index (χ2v) is 12.0. The highest BCUT2D eigenvalue weighted by Gasteiger charge is 2.44. The highest BCUT2D eigenvalue weighted by molar-refractivity contribution is 7.13. The number of hydrogen-bond acceptors (Lipinski definition) is 8. The van der Waals surface area contributed by atoms with Gasteiger partial charge < -0.3 is 15.2 Å². The van der Waals surface area contributed by atoms with Gasteiger partial charge in [-0.1, -0.05) is 0 Å². The Hall–Kier alpha value is -3.57. The molecule has 0 spiro atoms. The molecule has 0 saturated carbocycles. The molecule has 0 bridgehead atoms. The molecule has 3 aromatic heterocycles. The number of aromatic nitrogens is 3. The topological polar surface area (TPSA) is 130 Å². The van der Waals surface area contributed by atoms with E-state index in [2.05, 4.69) is 65.2 Å². The summed E-state index contributed by atoms with van der Waals surface area (Å²) in [4.78, 5) is 40.0. The van der Waals surface area contributed by atoms with Crippen LogP contribution in [0.3, 0.4) is 0 Å². The maximum absolute atomic E-state index is 12.2. The van der Waals surface area contributed by atoms with Gasteiger partial charge in [0.05, 0.1) is 5.56 Å². The lowest BCUT2D eigenvalue weighted by Crippen LogP contribution is -2.60. The van der Waals surface area contributed by atoms with Crippen molar-refractivity contribution in [2.45, 2.75) is 71.6 Å². The number of pyridine rings is 2. The summed E-state index contributed by atoms with van der Waals surface area (Å²) in [5, 5.41) is 17.8. The summed E-state index contributed by atoms with van der Waals surface area (Å²) in [5.41, 5.74) is 2.48. The SMILES string of the molecule is CCNC(=O)Nc1cc(-c2nc(C)cs2)c(-c2cc(C(=O)O)cnc2OC2CC(C)(C)N(C)C(C)(C)C2)cn1. The number of carbonyl (C=O) groups is 2. The van der Waals surface area contributed by atoms with Crippen LogP contribution in [0.4, 0.5) is 10.6 Å². The van der Waals surface area contributed by atoms with Crippen LogP contribution >= 0.6 is 11.3 Å². The molecule has 11 heteroatoms. The molecule has 0 radical (unpaired) electrons. The van der Waals surface area contributed by atoms with E-state index in [0.29, 0.717) is 39.9 Å². The van der Waals surface area contributed by atoms with Crippen molar-refractivity contribution in [3.8, 4) is 27.6 Å². The number of thiazole rings is 1. The van der Waals surface area contributed by atoms with E-state index in [1.54, 1.807) is 18.3 Å². The van der Waals surface area contributed by atoms with Gasteiger partial charge in [-0.15, -0.1) is 11.3 Å². The lowest BCUT2D eigenvalue weighted by molar-refractivity contribution is -0.0565. The third-order valence-electron chi connectivity index (χ3n) is 7.27. The molecule has 4 rings (SSSR count). The number of urea groups is 1. The van der Waals surface area contributed by atoms with Crippen LogP contribution in [0.1, 0.15) is 63.5 Å². The molecule has 3 N–H and O–H groups in total. The summed E-state index contributed by atoms with van der Waals surface area (Å²) in [5.74, 6) is -0.413. The number of carbonyl (C=O) groups excluding carboxylic acids is 1. The van der Waals surface area contributed by atoms with Crippen molar-refractivity contribution in [1.82, 2.24) is 25.2 Å². The van der Waals surface area contributed by atoms with Gasteiger partial charge in [0.2, 0.25) is 5.88 Å². The fourth-order valence-electron chi connectivity index (χ4n) is 5.09. The predicted molar refractivity (Wildman–Crippen MR) is 153 cm³/mol. The van der Waals surface area contributed by atoms with Crippen LogP contribution in [0, 0.1) is 6.92 Å². The number of amides is 2. The Bertz CT molecular complexity index is 1370. The van der Waals surface area contributed by atoms with Crippen molar-refractivity contribution in [1.29, 1.82) is 0 Å². The number of aromatic carboxylic acids is 1. The van der Waals surface area contributed by atoms with Crippen molar-refractivity contribution >= 4 is 29.2 Å². The quantitative estimate of drug-likeness (QED) is 0.353. The maximum Gasteiger partial charge on any atom is 0.337 e. The molecule has 0 aromatic carbocycles. The molecule has 2 amide bonds. The highest BCUT2D eigenvalue weighted by Crippen LogP contribution is 2.42. The number of aryl methyl sites for hydroxylation is 1. The normalized spacial score (nSPS) is 17.0. The summed E-state index contributed by atoms with van der Waals surface area (Å²) in [7, 11) is 2.13. The largest absolute Gasteiger partial charge is 0.478 e. The minimum Gasteiger partial charge on any atom is -0.478 e. The van der Waals surface area contributed by atoms with Crippen LogP contribution in [-0.2, 0) is 0 Å². The number of nitrogens with one attached hydrogen (secondary N) is 2. The van der Waals surface area contributed by atoms with Crippen molar-refractivity contribution in [2.75, 3.05) is 18.9 Å². The van der Waals surface area contributed by atoms with Crippen molar-refractivity contribution < 1.29 is 19.4 Å². The molecule has 1 saturated heterocycles. The minimum atomic E-state index is -1.09. The van der Waals surface area contributed by atoms with Crippen LogP contribution < -0.4 is 15.4 Å². The van der Waals surface area contributed by atoms with E-state index in [1.165, 1.54) is 17.5 Å². The second kappa shape index (κ2) is 10.9. The van der Waals surface area contributed by atoms with Gasteiger partial charge in [0.25, 0.3) is 0 Å². The molecule has 1 fully saturated rings. The molecule has 3 aromatic rings. The monoisotopic (exact) mass is 552 g/mol. The molecular formula is C28H36N6O4S. The number of nitrogens with zero attached hydrogens (tertiary/aromatic N) is 4. The lowest BCUT2D eigenvalue weighted by Gasteiger charge is -2.53. The minimum absolute atomic E-state index is 0.0344. The Morgan fingerprint density at radius 3 is 2.38 bits per heavy atom. The summed E-state index contributed by atoms with van der Waals surface area (Å²) in [6.45, 7) is 13.0. The molecule has 208 valence electrons. The first kappa shape index (κ1) is 28.4. The number of ether oxygens (including phenoxy) is 1. The number of carboxylic acid groups (broad SMARTS) is 1. The number of anilines is 1. The first-order valence-corrected chi connectivity index (χ1v) is 13.8. The standard InChI is InChI=1S/C28H36N6O4S/c1-8-29-26(37)33-22-10-20(24-32-16(2)15-39-24)21(14-30-22)19-9-17(25(35)36)13-31-23(19)38-18-11-27(3,4)34(7)28(5,6)12-18/h9-10,13-15,18H,8,11-12H2,1-7H3,(H,35,36)(H2,29,30,33,37). The van der Waals surface area contributed by atoms with Crippen LogP contribution in [0.25, 0.3) is 21.7 Å². The third-order valence-corrected chi connectivity index (χ3v) is 8.26. The van der Waals surface area contributed by atoms with Gasteiger partial charge in [-0.3, -0.25) is 10.2 Å². The second-order valence-electron chi connectivity index (χ2n) is 11.1. The number of piperidine rings is 1. The Balaban J connectivity index is 1.82. The summed E-state index contributed by atoms with van der Waals surface area (Å²) >= 11 is 1.45. The number of hydrogen-bond donors (Lipinski definition) is 3. The smallest absolute Gasteiger partial charge is 0.337 e. The van der Waals surface area contributed by atoms with Gasteiger partial charge in [0.15, 0.2) is 0 Å². The van der Waals surface area contributed by atoms with Crippen molar-refractivity contribution in [2.24, 2.45) is 0 Å². The van der Waals surface area contributed by atoms with Crippen molar-refractivity contribution in [3.05, 3.63) is 41.2 Å². The van der Waals surface area contributed by atoms with E-state index < -0.39 is 5.97 Å². The molecule has 39 heavy (non-hydrogen) atoms. The van der Waals surface area contributed by atoms with E-state index >= 15 is 0 Å². The summed E-state index contributed by atoms with van der Waals surface area (Å²) < 4.78 is 6.56. The van der Waals surface area contributed by atoms with Crippen molar-refractivity contribution in [3.63, 3.8) is 0 Å². The third kappa shape index (κ3) is 6.20. The molecule has 0 unspecified atom stereocenters. The predicted octanol–water partition coefficient (Wildman–Crippen LogP) is 5.45. The van der Waals surface area contributed by atoms with Crippen LogP contribution in [0.2, 0.25) is 0 Å². The Kier molecular flexibility index (Phi) is 7.94. The lowest BCUT2D eigenvalue weighted by atomic mass is 9.78. The van der Waals surface area contributed by atoms with E-state index in [-0.39, 0.29) is 28.8 Å². The zero-order chi connectivity index (χ0) is 28.5. The molecule has 0 aliphatic carbocycles. The number of likely N-dealkylation sites (tertiary alicyclic amines) is 1. The van der Waals surface area contributed by atoms with E-state index in [1.807, 2.05) is 19.2 Å². The molecular weight excluding hydrogens is 516 g/mol. The Morgan fingerprint density at radius 1 is 1.10 bits per heavy atom. The zero-order valence-electron chi connectivity index (χ0n) is 23.5. The van der Waals surface area contributed by atoms with Gasteiger partial charge in [-0.25, -0.2) is 24.5 Å². The number of rotatable bonds is 7. The van der Waals surface area contributed by atoms with Gasteiger partial charge in [-0.2, -0.15) is 0 Å². The fourth-order valence-corrected chi connectivity index (χ4v) is 5.92. The maximum atomic E-state index is 12.2. The Labute approximate surface area is 232 Å². The Morgan fingerprint density at radius 2 is 1.79 bits per heavy atom. The van der Waals surface area contributed by atoms with Crippen LogP contribution in [0.15, 0.2) is 29.9 Å². The molecule has 1 aliphatic rings. The number of carboxylic acids is 1. The molecule has 4 heterocycles. The van der Waals surface area contributed by atoms with Crippen LogP contribution in [-0.4, -0.2) is 67.7 Å². The van der Waals surface area contributed by atoms with E-state index in [9.17, 15) is 14.7 Å². The average Bonchev–Trinajstić information content (AvgIpc) is 3.28. The van der Waals surface area contributed by atoms with E-state index in [0.717, 1.165) is 18.5 Å². The average molecular weight is 553 g/mol. The van der Waals surface area contributed by atoms with Gasteiger partial charge in [0, 0.05) is 70.6 Å². The van der Waals surface area contributed by atoms with Gasteiger partial charge in [0.1, 0.15) is 16.9 Å². The van der Waals surface area contributed by atoms with Gasteiger partial charge in [-0.05, 0) is 60.7 Å². The molecule has 1 aliphatic heterocycles. The fraction of sp³-hybridized carbons (Fsp3) is 0.464. The van der Waals surface area contributed by atoms with E-state index in [4.69, 9.17) is 4.74 Å². The zero-order valence-corrected chi connectivity index (χ0v) is 24.3. The highest BCUT2D eigenvalue weighted by atomic mass is 32.1. The van der Waals surface area contributed by atoms with Crippen LogP contribution in [0.5, 0.6) is 5.88 Å². The molecule has 0 atom stereocenters. The van der Waals surface area contributed by atoms with Gasteiger partial charge >= 0.3 is 12.0 Å². The first-order chi connectivity index (χ1) is 18.3.